The second kappa shape index (κ2) is 6.77. The summed E-state index contributed by atoms with van der Waals surface area (Å²) in [4.78, 5) is 12.5. The molecule has 1 fully saturated rings. The first-order valence-electron chi connectivity index (χ1n) is 7.93. The molecule has 1 heterocycles. The van der Waals surface area contributed by atoms with Crippen LogP contribution in [-0.4, -0.2) is 29.9 Å². The van der Waals surface area contributed by atoms with Crippen molar-refractivity contribution in [2.45, 2.75) is 31.6 Å². The van der Waals surface area contributed by atoms with Gasteiger partial charge in [-0.25, -0.2) is 0 Å². The first-order valence-corrected chi connectivity index (χ1v) is 7.93. The van der Waals surface area contributed by atoms with Gasteiger partial charge in [0, 0.05) is 12.1 Å². The molecule has 0 saturated carbocycles. The molecule has 0 bridgehead atoms. The highest BCUT2D eigenvalue weighted by Gasteiger charge is 2.45. The molecule has 0 spiro atoms. The van der Waals surface area contributed by atoms with Gasteiger partial charge in [-0.2, -0.15) is 13.2 Å². The summed E-state index contributed by atoms with van der Waals surface area (Å²) >= 11 is 0. The fourth-order valence-electron chi connectivity index (χ4n) is 3.32. The fraction of sp³-hybridized carbons (Fsp3) is 0.316. The smallest absolute Gasteiger partial charge is 0.298 e. The lowest BCUT2D eigenvalue weighted by molar-refractivity contribution is -0.177. The second-order valence-corrected chi connectivity index (χ2v) is 6.07. The van der Waals surface area contributed by atoms with Crippen LogP contribution >= 0.6 is 0 Å². The Balaban J connectivity index is 1.95. The molecular weight excluding hydrogens is 315 g/mol. The minimum atomic E-state index is -4.22. The molecule has 2 nitrogen and oxygen atoms in total. The van der Waals surface area contributed by atoms with Gasteiger partial charge in [-0.1, -0.05) is 42.5 Å². The topological polar surface area (TPSA) is 20.3 Å². The fourth-order valence-corrected chi connectivity index (χ4v) is 3.32. The van der Waals surface area contributed by atoms with Gasteiger partial charge in [0.25, 0.3) is 0 Å². The zero-order chi connectivity index (χ0) is 17.2. The van der Waals surface area contributed by atoms with Crippen molar-refractivity contribution in [1.82, 2.24) is 4.90 Å². The lowest BCUT2D eigenvalue weighted by atomic mass is 9.97. The van der Waals surface area contributed by atoms with Crippen molar-refractivity contribution in [3.05, 3.63) is 59.7 Å². The highest BCUT2D eigenvalue weighted by Crippen LogP contribution is 2.35. The van der Waals surface area contributed by atoms with E-state index < -0.39 is 12.2 Å². The summed E-state index contributed by atoms with van der Waals surface area (Å²) in [6.07, 6.45) is -2.81. The molecule has 1 saturated heterocycles. The monoisotopic (exact) mass is 333 g/mol. The van der Waals surface area contributed by atoms with Crippen molar-refractivity contribution in [2.24, 2.45) is 0 Å². The first kappa shape index (κ1) is 16.7. The minimum Gasteiger partial charge on any atom is -0.298 e. The van der Waals surface area contributed by atoms with Gasteiger partial charge in [0.1, 0.15) is 12.3 Å². The number of likely N-dealkylation sites (tertiary alicyclic amines) is 1. The van der Waals surface area contributed by atoms with E-state index in [1.807, 2.05) is 36.4 Å². The van der Waals surface area contributed by atoms with E-state index in [-0.39, 0.29) is 13.0 Å². The van der Waals surface area contributed by atoms with E-state index in [0.29, 0.717) is 18.5 Å². The molecule has 0 amide bonds. The molecule has 0 aliphatic carbocycles. The molecule has 1 aliphatic heterocycles. The van der Waals surface area contributed by atoms with E-state index in [9.17, 15) is 18.0 Å². The van der Waals surface area contributed by atoms with E-state index >= 15 is 0 Å². The summed E-state index contributed by atoms with van der Waals surface area (Å²) in [6.45, 7) is 0.611. The van der Waals surface area contributed by atoms with Gasteiger partial charge in [-0.05, 0) is 42.1 Å². The Labute approximate surface area is 138 Å². The van der Waals surface area contributed by atoms with Crippen LogP contribution in [0.25, 0.3) is 11.1 Å². The predicted molar refractivity (Wildman–Crippen MR) is 86.8 cm³/mol. The second-order valence-electron chi connectivity index (χ2n) is 6.07. The summed E-state index contributed by atoms with van der Waals surface area (Å²) in [5.74, 6) is 0. The lowest BCUT2D eigenvalue weighted by Crippen LogP contribution is -2.40. The number of benzene rings is 2. The number of hydrogen-bond donors (Lipinski definition) is 0. The van der Waals surface area contributed by atoms with Crippen LogP contribution in [0.5, 0.6) is 0 Å². The molecule has 1 aliphatic rings. The third-order valence-corrected chi connectivity index (χ3v) is 4.47. The molecule has 1 atom stereocenters. The van der Waals surface area contributed by atoms with Crippen molar-refractivity contribution in [3.63, 3.8) is 0 Å². The summed E-state index contributed by atoms with van der Waals surface area (Å²) in [6, 6.07) is 13.3. The zero-order valence-corrected chi connectivity index (χ0v) is 13.1. The maximum atomic E-state index is 13.2. The van der Waals surface area contributed by atoms with Gasteiger partial charge in [0.15, 0.2) is 0 Å². The molecule has 2 aromatic carbocycles. The number of carbonyl (C=O) groups is 1. The molecule has 24 heavy (non-hydrogen) atoms. The van der Waals surface area contributed by atoms with Crippen LogP contribution in [0.4, 0.5) is 13.2 Å². The van der Waals surface area contributed by atoms with Crippen molar-refractivity contribution < 1.29 is 18.0 Å². The number of alkyl halides is 3. The van der Waals surface area contributed by atoms with E-state index in [4.69, 9.17) is 0 Å². The Kier molecular flexibility index (Phi) is 4.71. The summed E-state index contributed by atoms with van der Waals surface area (Å²) < 4.78 is 39.6. The maximum Gasteiger partial charge on any atom is 0.404 e. The molecule has 0 aromatic heterocycles. The molecule has 5 heteroatoms. The number of rotatable bonds is 4. The SMILES string of the molecule is O=Cc1ccc(-c2ccccc2)c(CN2CCC[C@H]2C(F)(F)F)c1. The Bertz CT molecular complexity index is 712. The Morgan fingerprint density at radius 1 is 1.12 bits per heavy atom. The molecule has 0 radical (unpaired) electrons. The van der Waals surface area contributed by atoms with E-state index in [0.717, 1.165) is 23.0 Å². The number of halogens is 3. The van der Waals surface area contributed by atoms with Gasteiger partial charge in [0.05, 0.1) is 0 Å². The normalized spacial score (nSPS) is 18.7. The van der Waals surface area contributed by atoms with Crippen LogP contribution in [-0.2, 0) is 6.54 Å². The third kappa shape index (κ3) is 3.51. The minimum absolute atomic E-state index is 0.136. The highest BCUT2D eigenvalue weighted by molar-refractivity contribution is 5.78. The van der Waals surface area contributed by atoms with Gasteiger partial charge < -0.3 is 0 Å². The van der Waals surface area contributed by atoms with Crippen LogP contribution in [0, 0.1) is 0 Å². The molecular formula is C19H18F3NO. The average Bonchev–Trinajstić information content (AvgIpc) is 3.04. The van der Waals surface area contributed by atoms with Gasteiger partial charge in [-0.15, -0.1) is 0 Å². The van der Waals surface area contributed by atoms with E-state index in [1.54, 1.807) is 12.1 Å². The Hall–Kier alpha value is -2.14. The van der Waals surface area contributed by atoms with Crippen LogP contribution in [0.15, 0.2) is 48.5 Å². The van der Waals surface area contributed by atoms with Crippen LogP contribution in [0.2, 0.25) is 0 Å². The average molecular weight is 333 g/mol. The molecule has 0 unspecified atom stereocenters. The first-order chi connectivity index (χ1) is 11.5. The lowest BCUT2D eigenvalue weighted by Gasteiger charge is -2.27. The predicted octanol–water partition coefficient (Wildman–Crippen LogP) is 4.69. The van der Waals surface area contributed by atoms with Gasteiger partial charge in [-0.3, -0.25) is 9.69 Å². The quantitative estimate of drug-likeness (QED) is 0.757. The van der Waals surface area contributed by atoms with Crippen LogP contribution < -0.4 is 0 Å². The highest BCUT2D eigenvalue weighted by atomic mass is 19.4. The van der Waals surface area contributed by atoms with Crippen molar-refractivity contribution in [3.8, 4) is 11.1 Å². The third-order valence-electron chi connectivity index (χ3n) is 4.47. The summed E-state index contributed by atoms with van der Waals surface area (Å²) in [5, 5.41) is 0. The molecule has 126 valence electrons. The largest absolute Gasteiger partial charge is 0.404 e. The van der Waals surface area contributed by atoms with Gasteiger partial charge in [0.2, 0.25) is 0 Å². The van der Waals surface area contributed by atoms with Gasteiger partial charge >= 0.3 is 6.18 Å². The van der Waals surface area contributed by atoms with Crippen LogP contribution in [0.3, 0.4) is 0 Å². The standard InChI is InChI=1S/C19H18F3NO/c20-19(21,22)18-7-4-10-23(18)12-16-11-14(13-24)8-9-17(16)15-5-2-1-3-6-15/h1-3,5-6,8-9,11,13,18H,4,7,10,12H2/t18-/m0/s1. The summed E-state index contributed by atoms with van der Waals surface area (Å²) in [5.41, 5.74) is 3.04. The zero-order valence-electron chi connectivity index (χ0n) is 13.1. The van der Waals surface area contributed by atoms with Crippen molar-refractivity contribution >= 4 is 6.29 Å². The molecule has 3 rings (SSSR count). The maximum absolute atomic E-state index is 13.2. The number of carbonyl (C=O) groups excluding carboxylic acids is 1. The number of aldehydes is 1. The molecule has 0 N–H and O–H groups in total. The van der Waals surface area contributed by atoms with Crippen molar-refractivity contribution in [1.29, 1.82) is 0 Å². The summed E-state index contributed by atoms with van der Waals surface area (Å²) in [7, 11) is 0. The van der Waals surface area contributed by atoms with E-state index in [1.165, 1.54) is 4.90 Å². The Morgan fingerprint density at radius 2 is 1.88 bits per heavy atom. The van der Waals surface area contributed by atoms with Crippen LogP contribution in [0.1, 0.15) is 28.8 Å². The van der Waals surface area contributed by atoms with Crippen molar-refractivity contribution in [2.75, 3.05) is 6.54 Å². The number of hydrogen-bond acceptors (Lipinski definition) is 2. The van der Waals surface area contributed by atoms with E-state index in [2.05, 4.69) is 0 Å². The number of nitrogens with zero attached hydrogens (tertiary/aromatic N) is 1. The molecule has 2 aromatic rings. The Morgan fingerprint density at radius 3 is 2.54 bits per heavy atom.